The van der Waals surface area contributed by atoms with Gasteiger partial charge in [-0.05, 0) is 45.0 Å². The Morgan fingerprint density at radius 2 is 1.68 bits per heavy atom. The van der Waals surface area contributed by atoms with Gasteiger partial charge in [0.2, 0.25) is 0 Å². The lowest BCUT2D eigenvalue weighted by molar-refractivity contribution is -0.134. The number of alkyl carbamates (subject to hydrolysis) is 1. The highest BCUT2D eigenvalue weighted by Gasteiger charge is 2.15. The van der Waals surface area contributed by atoms with E-state index in [2.05, 4.69) is 5.32 Å². The number of hydrogen-bond acceptors (Lipinski definition) is 5. The standard InChI is InChI=1S/C16H23NO5/c1-5-14(18)21-13-8-6-12(7-9-13)20-11-10-17-15(19)22-16(2,3)4/h6-9H,5,10-11H2,1-4H3,(H,17,19). The summed E-state index contributed by atoms with van der Waals surface area (Å²) in [6, 6.07) is 6.71. The second-order valence-corrected chi connectivity index (χ2v) is 5.58. The van der Waals surface area contributed by atoms with Crippen LogP contribution in [-0.2, 0) is 9.53 Å². The Balaban J connectivity index is 2.28. The molecule has 6 heteroatoms. The predicted octanol–water partition coefficient (Wildman–Crippen LogP) is 2.91. The largest absolute Gasteiger partial charge is 0.492 e. The number of esters is 1. The summed E-state index contributed by atoms with van der Waals surface area (Å²) in [5.74, 6) is 0.823. The molecular weight excluding hydrogens is 286 g/mol. The number of carbonyl (C=O) groups is 2. The number of ether oxygens (including phenoxy) is 3. The van der Waals surface area contributed by atoms with E-state index in [1.807, 2.05) is 0 Å². The zero-order chi connectivity index (χ0) is 16.6. The number of nitrogens with one attached hydrogen (secondary N) is 1. The highest BCUT2D eigenvalue weighted by atomic mass is 16.6. The quantitative estimate of drug-likeness (QED) is 0.497. The molecular formula is C16H23NO5. The molecule has 1 rings (SSSR count). The highest BCUT2D eigenvalue weighted by molar-refractivity contribution is 5.71. The van der Waals surface area contributed by atoms with Crippen molar-refractivity contribution in [1.82, 2.24) is 5.32 Å². The van der Waals surface area contributed by atoms with Crippen LogP contribution in [0.1, 0.15) is 34.1 Å². The Morgan fingerprint density at radius 1 is 1.09 bits per heavy atom. The van der Waals surface area contributed by atoms with Crippen LogP contribution in [0.2, 0.25) is 0 Å². The molecule has 6 nitrogen and oxygen atoms in total. The van der Waals surface area contributed by atoms with Gasteiger partial charge in [-0.15, -0.1) is 0 Å². The van der Waals surface area contributed by atoms with Crippen LogP contribution in [0, 0.1) is 0 Å². The van der Waals surface area contributed by atoms with E-state index in [0.29, 0.717) is 31.1 Å². The smallest absolute Gasteiger partial charge is 0.407 e. The summed E-state index contributed by atoms with van der Waals surface area (Å²) >= 11 is 0. The Hall–Kier alpha value is -2.24. The average molecular weight is 309 g/mol. The molecule has 1 N–H and O–H groups in total. The molecule has 0 atom stereocenters. The third-order valence-corrected chi connectivity index (χ3v) is 2.38. The molecule has 0 aliphatic rings. The van der Waals surface area contributed by atoms with E-state index < -0.39 is 11.7 Å². The summed E-state index contributed by atoms with van der Waals surface area (Å²) in [6.07, 6.45) is -0.146. The molecule has 1 aromatic rings. The molecule has 1 amide bonds. The molecule has 0 heterocycles. The monoisotopic (exact) mass is 309 g/mol. The van der Waals surface area contributed by atoms with Crippen LogP contribution in [0.4, 0.5) is 4.79 Å². The molecule has 0 aliphatic heterocycles. The van der Waals surface area contributed by atoms with Gasteiger partial charge in [0.05, 0.1) is 6.54 Å². The molecule has 0 radical (unpaired) electrons. The fourth-order valence-corrected chi connectivity index (χ4v) is 1.44. The van der Waals surface area contributed by atoms with Crippen molar-refractivity contribution in [2.24, 2.45) is 0 Å². The summed E-state index contributed by atoms with van der Waals surface area (Å²) in [7, 11) is 0. The van der Waals surface area contributed by atoms with Crippen LogP contribution < -0.4 is 14.8 Å². The van der Waals surface area contributed by atoms with Crippen molar-refractivity contribution in [2.75, 3.05) is 13.2 Å². The predicted molar refractivity (Wildman–Crippen MR) is 82.1 cm³/mol. The normalized spacial score (nSPS) is 10.7. The second-order valence-electron chi connectivity index (χ2n) is 5.58. The molecule has 0 saturated heterocycles. The van der Waals surface area contributed by atoms with Crippen LogP contribution in [0.5, 0.6) is 11.5 Å². The summed E-state index contributed by atoms with van der Waals surface area (Å²) in [6.45, 7) is 7.79. The van der Waals surface area contributed by atoms with E-state index in [4.69, 9.17) is 14.2 Å². The van der Waals surface area contributed by atoms with Crippen LogP contribution in [-0.4, -0.2) is 30.8 Å². The van der Waals surface area contributed by atoms with Crippen molar-refractivity contribution >= 4 is 12.1 Å². The lowest BCUT2D eigenvalue weighted by atomic mass is 10.2. The average Bonchev–Trinajstić information content (AvgIpc) is 2.43. The minimum atomic E-state index is -0.517. The van der Waals surface area contributed by atoms with Gasteiger partial charge in [-0.1, -0.05) is 6.92 Å². The van der Waals surface area contributed by atoms with E-state index in [1.54, 1.807) is 52.0 Å². The second kappa shape index (κ2) is 8.26. The van der Waals surface area contributed by atoms with Crippen molar-refractivity contribution in [2.45, 2.75) is 39.7 Å². The van der Waals surface area contributed by atoms with Crippen molar-refractivity contribution in [1.29, 1.82) is 0 Å². The molecule has 0 aliphatic carbocycles. The van der Waals surface area contributed by atoms with E-state index in [-0.39, 0.29) is 5.97 Å². The first-order valence-electron chi connectivity index (χ1n) is 7.20. The maximum atomic E-state index is 11.4. The van der Waals surface area contributed by atoms with Crippen LogP contribution in [0.3, 0.4) is 0 Å². The maximum absolute atomic E-state index is 11.4. The highest BCUT2D eigenvalue weighted by Crippen LogP contribution is 2.17. The molecule has 1 aromatic carbocycles. The van der Waals surface area contributed by atoms with Crippen LogP contribution >= 0.6 is 0 Å². The number of rotatable bonds is 6. The Kier molecular flexibility index (Phi) is 6.69. The van der Waals surface area contributed by atoms with Crippen molar-refractivity contribution in [3.05, 3.63) is 24.3 Å². The molecule has 122 valence electrons. The number of hydrogen-bond donors (Lipinski definition) is 1. The maximum Gasteiger partial charge on any atom is 0.407 e. The zero-order valence-electron chi connectivity index (χ0n) is 13.5. The topological polar surface area (TPSA) is 73.9 Å². The van der Waals surface area contributed by atoms with Gasteiger partial charge < -0.3 is 19.5 Å². The minimum absolute atomic E-state index is 0.282. The van der Waals surface area contributed by atoms with Gasteiger partial charge in [-0.25, -0.2) is 4.79 Å². The van der Waals surface area contributed by atoms with E-state index >= 15 is 0 Å². The van der Waals surface area contributed by atoms with Gasteiger partial charge in [0, 0.05) is 6.42 Å². The van der Waals surface area contributed by atoms with E-state index in [1.165, 1.54) is 0 Å². The minimum Gasteiger partial charge on any atom is -0.492 e. The lowest BCUT2D eigenvalue weighted by Crippen LogP contribution is -2.34. The number of carbonyl (C=O) groups excluding carboxylic acids is 2. The first kappa shape index (κ1) is 17.8. The zero-order valence-corrected chi connectivity index (χ0v) is 13.5. The van der Waals surface area contributed by atoms with Crippen molar-refractivity contribution < 1.29 is 23.8 Å². The Labute approximate surface area is 130 Å². The van der Waals surface area contributed by atoms with Gasteiger partial charge in [0.25, 0.3) is 0 Å². The summed E-state index contributed by atoms with van der Waals surface area (Å²) in [5, 5.41) is 2.60. The number of amides is 1. The fourth-order valence-electron chi connectivity index (χ4n) is 1.44. The number of benzene rings is 1. The van der Waals surface area contributed by atoms with Crippen LogP contribution in [0.25, 0.3) is 0 Å². The molecule has 0 unspecified atom stereocenters. The van der Waals surface area contributed by atoms with Crippen molar-refractivity contribution in [3.63, 3.8) is 0 Å². The third-order valence-electron chi connectivity index (χ3n) is 2.38. The molecule has 0 bridgehead atoms. The van der Waals surface area contributed by atoms with Gasteiger partial charge in [0.1, 0.15) is 23.7 Å². The SMILES string of the molecule is CCC(=O)Oc1ccc(OCCNC(=O)OC(C)(C)C)cc1. The van der Waals surface area contributed by atoms with Gasteiger partial charge in [0.15, 0.2) is 0 Å². The van der Waals surface area contributed by atoms with Crippen molar-refractivity contribution in [3.8, 4) is 11.5 Å². The molecule has 0 spiro atoms. The Bertz CT molecular complexity index is 490. The summed E-state index contributed by atoms with van der Waals surface area (Å²) < 4.78 is 15.6. The van der Waals surface area contributed by atoms with Gasteiger partial charge in [-0.2, -0.15) is 0 Å². The van der Waals surface area contributed by atoms with Gasteiger partial charge >= 0.3 is 12.1 Å². The fraction of sp³-hybridized carbons (Fsp3) is 0.500. The first-order chi connectivity index (χ1) is 10.3. The van der Waals surface area contributed by atoms with E-state index in [9.17, 15) is 9.59 Å². The summed E-state index contributed by atoms with van der Waals surface area (Å²) in [4.78, 5) is 22.5. The molecule has 0 fully saturated rings. The molecule has 0 saturated carbocycles. The van der Waals surface area contributed by atoms with Gasteiger partial charge in [-0.3, -0.25) is 4.79 Å². The lowest BCUT2D eigenvalue weighted by Gasteiger charge is -2.19. The first-order valence-corrected chi connectivity index (χ1v) is 7.20. The Morgan fingerprint density at radius 3 is 2.23 bits per heavy atom. The molecule has 22 heavy (non-hydrogen) atoms. The van der Waals surface area contributed by atoms with E-state index in [0.717, 1.165) is 0 Å². The third kappa shape index (κ3) is 7.52. The summed E-state index contributed by atoms with van der Waals surface area (Å²) in [5.41, 5.74) is -0.517. The van der Waals surface area contributed by atoms with Crippen LogP contribution in [0.15, 0.2) is 24.3 Å². The molecule has 0 aromatic heterocycles.